The van der Waals surface area contributed by atoms with E-state index in [1.54, 1.807) is 0 Å². The number of hydrogen-bond donors (Lipinski definition) is 1. The van der Waals surface area contributed by atoms with Crippen LogP contribution in [0, 0.1) is 11.8 Å². The van der Waals surface area contributed by atoms with Crippen LogP contribution in [0.25, 0.3) is 0 Å². The predicted molar refractivity (Wildman–Crippen MR) is 56.3 cm³/mol. The Labute approximate surface area is 81.6 Å². The van der Waals surface area contributed by atoms with Crippen molar-refractivity contribution in [3.05, 3.63) is 0 Å². The van der Waals surface area contributed by atoms with E-state index >= 15 is 0 Å². The summed E-state index contributed by atoms with van der Waals surface area (Å²) in [5.74, 6) is 1.09. The number of hydrogen-bond acceptors (Lipinski definition) is 3. The third kappa shape index (κ3) is 6.05. The minimum Gasteiger partial charge on any atom is -0.327 e. The highest BCUT2D eigenvalue weighted by molar-refractivity contribution is 7.90. The molecule has 0 rings (SSSR count). The molecule has 4 heteroatoms. The van der Waals surface area contributed by atoms with E-state index in [0.717, 1.165) is 0 Å². The molecule has 0 aromatic heterocycles. The first kappa shape index (κ1) is 12.9. The molecule has 0 spiro atoms. The highest BCUT2D eigenvalue weighted by Gasteiger charge is 2.17. The normalized spacial score (nSPS) is 17.4. The monoisotopic (exact) mass is 207 g/mol. The van der Waals surface area contributed by atoms with Gasteiger partial charge < -0.3 is 5.73 Å². The molecular formula is C9H21NO2S. The molecule has 0 bridgehead atoms. The maximum atomic E-state index is 10.9. The summed E-state index contributed by atoms with van der Waals surface area (Å²) in [5.41, 5.74) is 5.86. The molecular weight excluding hydrogens is 186 g/mol. The van der Waals surface area contributed by atoms with Crippen LogP contribution in [0.3, 0.4) is 0 Å². The lowest BCUT2D eigenvalue weighted by atomic mass is 9.89. The lowest BCUT2D eigenvalue weighted by molar-refractivity contribution is 0.340. The highest BCUT2D eigenvalue weighted by Crippen LogP contribution is 2.15. The molecule has 0 aromatic carbocycles. The second-order valence-corrected chi connectivity index (χ2v) is 6.45. The minimum absolute atomic E-state index is 0.00488. The maximum Gasteiger partial charge on any atom is 0.147 e. The van der Waals surface area contributed by atoms with Gasteiger partial charge in [-0.05, 0) is 18.3 Å². The largest absolute Gasteiger partial charge is 0.327 e. The Morgan fingerprint density at radius 1 is 1.23 bits per heavy atom. The smallest absolute Gasteiger partial charge is 0.147 e. The van der Waals surface area contributed by atoms with Crippen LogP contribution in [0.1, 0.15) is 27.2 Å². The third-order valence-electron chi connectivity index (χ3n) is 2.55. The van der Waals surface area contributed by atoms with Crippen molar-refractivity contribution in [1.82, 2.24) is 0 Å². The van der Waals surface area contributed by atoms with Gasteiger partial charge in [0.05, 0.1) is 5.75 Å². The molecule has 0 aliphatic rings. The van der Waals surface area contributed by atoms with Crippen molar-refractivity contribution in [2.75, 3.05) is 12.0 Å². The van der Waals surface area contributed by atoms with Gasteiger partial charge in [0.25, 0.3) is 0 Å². The van der Waals surface area contributed by atoms with Crippen molar-refractivity contribution in [2.24, 2.45) is 17.6 Å². The van der Waals surface area contributed by atoms with Gasteiger partial charge in [-0.1, -0.05) is 20.8 Å². The van der Waals surface area contributed by atoms with E-state index in [1.807, 2.05) is 0 Å². The van der Waals surface area contributed by atoms with Gasteiger partial charge in [0.1, 0.15) is 9.84 Å². The third-order valence-corrected chi connectivity index (χ3v) is 3.53. The summed E-state index contributed by atoms with van der Waals surface area (Å²) in [6, 6.07) is -0.00488. The molecule has 2 unspecified atom stereocenters. The zero-order chi connectivity index (χ0) is 10.6. The lowest BCUT2D eigenvalue weighted by Crippen LogP contribution is -2.33. The van der Waals surface area contributed by atoms with Gasteiger partial charge in [-0.15, -0.1) is 0 Å². The quantitative estimate of drug-likeness (QED) is 0.733. The van der Waals surface area contributed by atoms with Gasteiger partial charge in [-0.2, -0.15) is 0 Å². The van der Waals surface area contributed by atoms with E-state index < -0.39 is 9.84 Å². The Hall–Kier alpha value is -0.0900. The molecule has 0 fully saturated rings. The molecule has 0 aromatic rings. The molecule has 2 N–H and O–H groups in total. The van der Waals surface area contributed by atoms with Crippen LogP contribution < -0.4 is 5.73 Å². The zero-order valence-corrected chi connectivity index (χ0v) is 9.76. The second kappa shape index (κ2) is 4.96. The summed E-state index contributed by atoms with van der Waals surface area (Å²) < 4.78 is 21.7. The second-order valence-electron chi connectivity index (χ2n) is 4.19. The predicted octanol–water partition coefficient (Wildman–Crippen LogP) is 1.04. The van der Waals surface area contributed by atoms with E-state index in [9.17, 15) is 8.42 Å². The molecule has 0 aliphatic carbocycles. The molecule has 0 heterocycles. The average molecular weight is 207 g/mol. The van der Waals surface area contributed by atoms with E-state index in [-0.39, 0.29) is 11.8 Å². The number of sulfone groups is 1. The number of nitrogens with two attached hydrogens (primary N) is 1. The maximum absolute atomic E-state index is 10.9. The summed E-state index contributed by atoms with van der Waals surface area (Å²) in [4.78, 5) is 0. The lowest BCUT2D eigenvalue weighted by Gasteiger charge is -2.22. The minimum atomic E-state index is -2.86. The van der Waals surface area contributed by atoms with Crippen LogP contribution in [0.4, 0.5) is 0 Å². The molecule has 80 valence electrons. The van der Waals surface area contributed by atoms with E-state index in [4.69, 9.17) is 5.73 Å². The van der Waals surface area contributed by atoms with Crippen LogP contribution in [0.5, 0.6) is 0 Å². The van der Waals surface area contributed by atoms with Gasteiger partial charge in [0.15, 0.2) is 0 Å². The standard InChI is InChI=1S/C9H21NO2S/c1-7(2)8(3)9(10)5-6-13(4,11)12/h7-9H,5-6,10H2,1-4H3. The van der Waals surface area contributed by atoms with Crippen molar-refractivity contribution in [3.63, 3.8) is 0 Å². The first-order valence-corrected chi connectivity index (χ1v) is 6.73. The van der Waals surface area contributed by atoms with E-state index in [2.05, 4.69) is 20.8 Å². The fourth-order valence-corrected chi connectivity index (χ4v) is 1.81. The topological polar surface area (TPSA) is 60.2 Å². The van der Waals surface area contributed by atoms with Crippen LogP contribution in [0.2, 0.25) is 0 Å². The molecule has 0 amide bonds. The van der Waals surface area contributed by atoms with Gasteiger partial charge >= 0.3 is 0 Å². The first-order chi connectivity index (χ1) is 5.74. The van der Waals surface area contributed by atoms with Crippen molar-refractivity contribution in [3.8, 4) is 0 Å². The van der Waals surface area contributed by atoms with Gasteiger partial charge in [0.2, 0.25) is 0 Å². The van der Waals surface area contributed by atoms with Crippen LogP contribution in [-0.2, 0) is 9.84 Å². The Morgan fingerprint density at radius 2 is 1.69 bits per heavy atom. The average Bonchev–Trinajstić information content (AvgIpc) is 1.97. The Kier molecular flexibility index (Phi) is 4.92. The molecule has 2 atom stereocenters. The van der Waals surface area contributed by atoms with Crippen LogP contribution >= 0.6 is 0 Å². The van der Waals surface area contributed by atoms with Gasteiger partial charge in [-0.3, -0.25) is 0 Å². The Bertz CT molecular complexity index is 234. The molecule has 0 radical (unpaired) electrons. The fraction of sp³-hybridized carbons (Fsp3) is 1.00. The van der Waals surface area contributed by atoms with Crippen molar-refractivity contribution < 1.29 is 8.42 Å². The van der Waals surface area contributed by atoms with E-state index in [0.29, 0.717) is 18.3 Å². The highest BCUT2D eigenvalue weighted by atomic mass is 32.2. The van der Waals surface area contributed by atoms with Crippen molar-refractivity contribution >= 4 is 9.84 Å². The SMILES string of the molecule is CC(C)C(C)C(N)CCS(C)(=O)=O. The molecule has 0 saturated heterocycles. The van der Waals surface area contributed by atoms with Gasteiger partial charge in [0, 0.05) is 12.3 Å². The first-order valence-electron chi connectivity index (χ1n) is 4.67. The van der Waals surface area contributed by atoms with Crippen molar-refractivity contribution in [1.29, 1.82) is 0 Å². The summed E-state index contributed by atoms with van der Waals surface area (Å²) in [5, 5.41) is 0. The molecule has 13 heavy (non-hydrogen) atoms. The summed E-state index contributed by atoms with van der Waals surface area (Å²) in [6.45, 7) is 6.27. The Balaban J connectivity index is 3.95. The molecule has 0 aliphatic heterocycles. The number of rotatable bonds is 5. The Morgan fingerprint density at radius 3 is 2.00 bits per heavy atom. The van der Waals surface area contributed by atoms with Gasteiger partial charge in [-0.25, -0.2) is 8.42 Å². The summed E-state index contributed by atoms with van der Waals surface area (Å²) >= 11 is 0. The molecule has 3 nitrogen and oxygen atoms in total. The van der Waals surface area contributed by atoms with Crippen LogP contribution in [0.15, 0.2) is 0 Å². The molecule has 0 saturated carbocycles. The summed E-state index contributed by atoms with van der Waals surface area (Å²) in [7, 11) is -2.86. The van der Waals surface area contributed by atoms with E-state index in [1.165, 1.54) is 6.26 Å². The fourth-order valence-electron chi connectivity index (χ4n) is 1.11. The van der Waals surface area contributed by atoms with Crippen LogP contribution in [-0.4, -0.2) is 26.5 Å². The summed E-state index contributed by atoms with van der Waals surface area (Å²) in [6.07, 6.45) is 1.82. The zero-order valence-electron chi connectivity index (χ0n) is 8.95. The van der Waals surface area contributed by atoms with Crippen molar-refractivity contribution in [2.45, 2.75) is 33.2 Å².